The second kappa shape index (κ2) is 13.8. The molecule has 8 N–H and O–H groups in total. The third-order valence-corrected chi connectivity index (χ3v) is 8.23. The number of aromatic amines is 1. The van der Waals surface area contributed by atoms with Gasteiger partial charge in [0.25, 0.3) is 21.2 Å². The number of fused-ring (bicyclic) bond motifs is 1. The first-order valence-corrected chi connectivity index (χ1v) is 13.6. The van der Waals surface area contributed by atoms with Gasteiger partial charge in [0.15, 0.2) is 23.7 Å². The van der Waals surface area contributed by atoms with Crippen molar-refractivity contribution in [3.63, 3.8) is 0 Å². The number of nitrogens with two attached hydrogens (primary N) is 1. The van der Waals surface area contributed by atoms with E-state index in [-0.39, 0.29) is 76.2 Å². The molecule has 2 aromatic rings. The van der Waals surface area contributed by atoms with Crippen LogP contribution in [0.1, 0.15) is 13.2 Å². The van der Waals surface area contributed by atoms with Gasteiger partial charge in [-0.05, 0) is 6.92 Å². The molecule has 0 saturated carbocycles. The molecule has 2 aliphatic heterocycles. The zero-order valence-electron chi connectivity index (χ0n) is 21.1. The molecule has 11 atom stereocenters. The molecule has 0 spiro atoms. The quantitative estimate of drug-likeness (QED) is 0.105. The van der Waals surface area contributed by atoms with Gasteiger partial charge in [-0.2, -0.15) is 4.98 Å². The van der Waals surface area contributed by atoms with Crippen LogP contribution in [-0.2, 0) is 32.0 Å². The molecule has 2 fully saturated rings. The standard InChI is InChI=1S/C16H25N5O15P2.2Na/c1-4-7(22)9(24)11(26)15(33-4)35-38(30,31)36-37(28,29)32-2-5-8(23)10(25)14(34-5)21-3-18-6-12(21)19-16(17)20-13(6)27;;/h3-5,7-11,14-15,22-26H,2H2,1H3,(H,28,29)(H,30,31)(H3,17,19,20,27);;/q;2*+1/p-2/t4-,5+,7+,8+,9-,10+,11+,14+,15+;;/m0../s1. The maximum atomic E-state index is 12.1. The van der Waals surface area contributed by atoms with Crippen LogP contribution in [0.15, 0.2) is 11.1 Å². The number of aliphatic hydroxyl groups excluding tert-OH is 5. The van der Waals surface area contributed by atoms with E-state index in [1.807, 2.05) is 0 Å². The predicted molar refractivity (Wildman–Crippen MR) is 114 cm³/mol. The first kappa shape index (κ1) is 36.3. The number of nitrogen functional groups attached to an aromatic ring is 1. The zero-order valence-corrected chi connectivity index (χ0v) is 26.9. The number of nitrogens with one attached hydrogen (secondary N) is 1. The summed E-state index contributed by atoms with van der Waals surface area (Å²) in [6.45, 7) is 0.168. The Morgan fingerprint density at radius 1 is 1.05 bits per heavy atom. The Kier molecular flexibility index (Phi) is 12.6. The summed E-state index contributed by atoms with van der Waals surface area (Å²) in [6.07, 6.45) is -14.3. The number of rotatable bonds is 8. The van der Waals surface area contributed by atoms with Crippen LogP contribution in [0.5, 0.6) is 0 Å². The summed E-state index contributed by atoms with van der Waals surface area (Å²) in [5.74, 6) is -0.280. The molecule has 2 aliphatic rings. The monoisotopic (exact) mass is 633 g/mol. The zero-order chi connectivity index (χ0) is 28.2. The molecule has 4 heterocycles. The van der Waals surface area contributed by atoms with Crippen molar-refractivity contribution in [2.45, 2.75) is 62.2 Å². The molecule has 2 aromatic heterocycles. The van der Waals surface area contributed by atoms with Crippen molar-refractivity contribution < 1.29 is 126 Å². The maximum Gasteiger partial charge on any atom is 1.00 e. The Morgan fingerprint density at radius 2 is 1.70 bits per heavy atom. The number of hydrogen-bond acceptors (Lipinski definition) is 18. The second-order valence-corrected chi connectivity index (χ2v) is 11.3. The van der Waals surface area contributed by atoms with Crippen LogP contribution >= 0.6 is 15.6 Å². The molecule has 0 aliphatic carbocycles. The summed E-state index contributed by atoms with van der Waals surface area (Å²) in [5, 5.41) is 49.9. The summed E-state index contributed by atoms with van der Waals surface area (Å²) in [4.78, 5) is 46.1. The minimum Gasteiger partial charge on any atom is -0.756 e. The number of anilines is 1. The first-order chi connectivity index (χ1) is 17.6. The van der Waals surface area contributed by atoms with Crippen molar-refractivity contribution in [2.75, 3.05) is 12.3 Å². The molecule has 20 nitrogen and oxygen atoms in total. The third kappa shape index (κ3) is 7.79. The number of phosphoric ester groups is 2. The summed E-state index contributed by atoms with van der Waals surface area (Å²) >= 11 is 0. The van der Waals surface area contributed by atoms with Gasteiger partial charge >= 0.3 is 59.1 Å². The van der Waals surface area contributed by atoms with E-state index in [2.05, 4.69) is 28.3 Å². The number of imidazole rings is 1. The van der Waals surface area contributed by atoms with Gasteiger partial charge in [-0.3, -0.25) is 28.0 Å². The number of aliphatic hydroxyl groups is 5. The van der Waals surface area contributed by atoms with E-state index in [1.54, 1.807) is 0 Å². The normalized spacial score (nSPS) is 35.4. The van der Waals surface area contributed by atoms with Gasteiger partial charge < -0.3 is 55.1 Å². The average Bonchev–Trinajstić information content (AvgIpc) is 3.35. The average molecular weight is 633 g/mol. The fourth-order valence-corrected chi connectivity index (χ4v) is 5.86. The molecule has 40 heavy (non-hydrogen) atoms. The van der Waals surface area contributed by atoms with E-state index in [0.29, 0.717) is 0 Å². The SMILES string of the molecule is C[C@@H]1O[C@H](OP(=O)([O-])OP(=O)([O-])OC[C@H]2O[C@@H](n3cnc4c(=O)[nH]c(N)nc43)[C@H](O)[C@@H]2O)[C@H](O)[C@@H](O)[C@@H]1O.[Na+].[Na+]. The molecule has 0 amide bonds. The molecule has 2 saturated heterocycles. The van der Waals surface area contributed by atoms with Gasteiger partial charge in [0.1, 0.15) is 36.6 Å². The fourth-order valence-electron chi connectivity index (χ4n) is 3.78. The molecular weight excluding hydrogens is 610 g/mol. The van der Waals surface area contributed by atoms with Gasteiger partial charge in [-0.1, -0.05) is 0 Å². The van der Waals surface area contributed by atoms with Gasteiger partial charge in [0, 0.05) is 0 Å². The number of ether oxygens (including phenoxy) is 2. The number of H-pyrrole nitrogens is 1. The van der Waals surface area contributed by atoms with Gasteiger partial charge in [-0.15, -0.1) is 0 Å². The molecule has 0 radical (unpaired) electrons. The number of hydrogen-bond donors (Lipinski definition) is 7. The molecule has 4 rings (SSSR count). The van der Waals surface area contributed by atoms with E-state index < -0.39 is 83.1 Å². The molecule has 24 heteroatoms. The van der Waals surface area contributed by atoms with Crippen LogP contribution in [0.25, 0.3) is 11.2 Å². The van der Waals surface area contributed by atoms with Crippen molar-refractivity contribution in [1.29, 1.82) is 0 Å². The van der Waals surface area contributed by atoms with Crippen molar-refractivity contribution >= 4 is 32.8 Å². The Morgan fingerprint density at radius 3 is 2.35 bits per heavy atom. The largest absolute Gasteiger partial charge is 1.00 e. The minimum absolute atomic E-state index is 0. The Balaban J connectivity index is 0.00000280. The third-order valence-electron chi connectivity index (χ3n) is 5.70. The Bertz CT molecular complexity index is 1330. The maximum absolute atomic E-state index is 12.1. The van der Waals surface area contributed by atoms with E-state index >= 15 is 0 Å². The van der Waals surface area contributed by atoms with Gasteiger partial charge in [0.05, 0.1) is 19.0 Å². The first-order valence-electron chi connectivity index (χ1n) is 10.7. The summed E-state index contributed by atoms with van der Waals surface area (Å²) in [6, 6.07) is 0. The van der Waals surface area contributed by atoms with Crippen molar-refractivity contribution in [3.05, 3.63) is 16.7 Å². The fraction of sp³-hybridized carbons (Fsp3) is 0.688. The molecular formula is C16H23N5Na2O15P2. The van der Waals surface area contributed by atoms with Crippen LogP contribution < -0.4 is 80.2 Å². The van der Waals surface area contributed by atoms with Crippen molar-refractivity contribution in [1.82, 2.24) is 19.5 Å². The molecule has 0 bridgehead atoms. The topological polar surface area (TPSA) is 317 Å². The summed E-state index contributed by atoms with van der Waals surface area (Å²) < 4.78 is 48.3. The summed E-state index contributed by atoms with van der Waals surface area (Å²) in [7, 11) is -11.6. The number of phosphoric acid groups is 2. The Hall–Kier alpha value is 0.130. The number of nitrogens with zero attached hydrogens (tertiary/aromatic N) is 3. The van der Waals surface area contributed by atoms with Crippen LogP contribution in [0.2, 0.25) is 0 Å². The molecule has 214 valence electrons. The Labute approximate surface area is 268 Å². The van der Waals surface area contributed by atoms with Gasteiger partial charge in [-0.25, -0.2) is 9.29 Å². The van der Waals surface area contributed by atoms with Gasteiger partial charge in [0.2, 0.25) is 5.95 Å². The predicted octanol–water partition coefficient (Wildman–Crippen LogP) is -10.9. The second-order valence-electron chi connectivity index (χ2n) is 8.38. The van der Waals surface area contributed by atoms with Crippen molar-refractivity contribution in [2.24, 2.45) is 0 Å². The minimum atomic E-state index is -5.82. The van der Waals surface area contributed by atoms with Crippen LogP contribution in [0.3, 0.4) is 0 Å². The van der Waals surface area contributed by atoms with Crippen LogP contribution in [0.4, 0.5) is 5.95 Å². The van der Waals surface area contributed by atoms with E-state index in [1.165, 1.54) is 6.92 Å². The number of aromatic nitrogens is 4. The smallest absolute Gasteiger partial charge is 0.756 e. The van der Waals surface area contributed by atoms with Crippen LogP contribution in [-0.4, -0.2) is 101 Å². The van der Waals surface area contributed by atoms with Crippen LogP contribution in [0, 0.1) is 0 Å². The molecule has 0 aromatic carbocycles. The molecule has 2 unspecified atom stereocenters. The van der Waals surface area contributed by atoms with E-state index in [9.17, 15) is 49.2 Å². The summed E-state index contributed by atoms with van der Waals surface area (Å²) in [5.41, 5.74) is 4.52. The van der Waals surface area contributed by atoms with E-state index in [4.69, 9.17) is 15.2 Å². The van der Waals surface area contributed by atoms with Crippen molar-refractivity contribution in [3.8, 4) is 0 Å². The van der Waals surface area contributed by atoms with E-state index in [0.717, 1.165) is 10.9 Å².